The summed E-state index contributed by atoms with van der Waals surface area (Å²) in [4.78, 5) is 12.8. The van der Waals surface area contributed by atoms with Crippen molar-refractivity contribution in [1.82, 2.24) is 4.90 Å². The average Bonchev–Trinajstić information content (AvgIpc) is 2.28. The number of halogens is 3. The van der Waals surface area contributed by atoms with Crippen LogP contribution in [0.2, 0.25) is 0 Å². The molecule has 0 spiro atoms. The number of nitrogens with zero attached hydrogens (tertiary/aromatic N) is 1. The molecule has 0 bridgehead atoms. The summed E-state index contributed by atoms with van der Waals surface area (Å²) in [7, 11) is 1.33. The average molecular weight is 253 g/mol. The van der Waals surface area contributed by atoms with Crippen LogP contribution in [0.4, 0.5) is 13.2 Å². The SMILES string of the molecule is COC(=O)CCCN1CCC(C(F)(F)F)CC1. The number of hydrogen-bond donors (Lipinski definition) is 0. The van der Waals surface area contributed by atoms with Gasteiger partial charge in [0.05, 0.1) is 13.0 Å². The molecule has 1 aliphatic rings. The Morgan fingerprint density at radius 3 is 2.41 bits per heavy atom. The number of alkyl halides is 3. The molecule has 0 aromatic heterocycles. The van der Waals surface area contributed by atoms with Crippen LogP contribution in [0.25, 0.3) is 0 Å². The second kappa shape index (κ2) is 6.23. The molecule has 0 amide bonds. The molecule has 100 valence electrons. The Bertz CT molecular complexity index is 248. The van der Waals surface area contributed by atoms with Crippen LogP contribution >= 0.6 is 0 Å². The van der Waals surface area contributed by atoms with Crippen molar-refractivity contribution in [1.29, 1.82) is 0 Å². The molecular formula is C11H18F3NO2. The van der Waals surface area contributed by atoms with E-state index in [2.05, 4.69) is 4.74 Å². The highest BCUT2D eigenvalue weighted by atomic mass is 19.4. The van der Waals surface area contributed by atoms with E-state index >= 15 is 0 Å². The zero-order valence-corrected chi connectivity index (χ0v) is 9.92. The molecule has 0 radical (unpaired) electrons. The number of esters is 1. The maximum Gasteiger partial charge on any atom is 0.391 e. The highest BCUT2D eigenvalue weighted by Gasteiger charge is 2.40. The molecule has 6 heteroatoms. The first-order valence-electron chi connectivity index (χ1n) is 5.79. The van der Waals surface area contributed by atoms with Crippen LogP contribution in [-0.4, -0.2) is 43.8 Å². The fourth-order valence-corrected chi connectivity index (χ4v) is 2.03. The Kier molecular flexibility index (Phi) is 5.24. The van der Waals surface area contributed by atoms with Gasteiger partial charge < -0.3 is 9.64 Å². The molecule has 1 heterocycles. The fourth-order valence-electron chi connectivity index (χ4n) is 2.03. The third kappa shape index (κ3) is 4.93. The molecule has 1 rings (SSSR count). The highest BCUT2D eigenvalue weighted by molar-refractivity contribution is 5.69. The quantitative estimate of drug-likeness (QED) is 0.719. The minimum atomic E-state index is -4.06. The van der Waals surface area contributed by atoms with E-state index in [9.17, 15) is 18.0 Å². The molecule has 0 N–H and O–H groups in total. The Morgan fingerprint density at radius 1 is 1.35 bits per heavy atom. The van der Waals surface area contributed by atoms with Gasteiger partial charge in [-0.15, -0.1) is 0 Å². The molecule has 1 fully saturated rings. The van der Waals surface area contributed by atoms with E-state index in [1.54, 1.807) is 0 Å². The zero-order valence-electron chi connectivity index (χ0n) is 9.92. The third-order valence-electron chi connectivity index (χ3n) is 3.13. The normalized spacial score (nSPS) is 19.3. The van der Waals surface area contributed by atoms with Crippen molar-refractivity contribution in [3.63, 3.8) is 0 Å². The lowest BCUT2D eigenvalue weighted by molar-refractivity contribution is -0.185. The van der Waals surface area contributed by atoms with E-state index in [0.717, 1.165) is 0 Å². The molecular weight excluding hydrogens is 235 g/mol. The van der Waals surface area contributed by atoms with Crippen molar-refractivity contribution >= 4 is 5.97 Å². The van der Waals surface area contributed by atoms with Crippen LogP contribution in [-0.2, 0) is 9.53 Å². The van der Waals surface area contributed by atoms with Gasteiger partial charge in [-0.2, -0.15) is 13.2 Å². The van der Waals surface area contributed by atoms with Crippen LogP contribution in [0.5, 0.6) is 0 Å². The number of ether oxygens (including phenoxy) is 1. The topological polar surface area (TPSA) is 29.5 Å². The summed E-state index contributed by atoms with van der Waals surface area (Å²) >= 11 is 0. The molecule has 0 aromatic rings. The molecule has 1 saturated heterocycles. The predicted molar refractivity (Wildman–Crippen MR) is 56.5 cm³/mol. The van der Waals surface area contributed by atoms with Crippen molar-refractivity contribution in [3.05, 3.63) is 0 Å². The first-order chi connectivity index (χ1) is 7.93. The van der Waals surface area contributed by atoms with Gasteiger partial charge in [-0.1, -0.05) is 0 Å². The zero-order chi connectivity index (χ0) is 12.9. The first-order valence-corrected chi connectivity index (χ1v) is 5.79. The van der Waals surface area contributed by atoms with Crippen molar-refractivity contribution in [3.8, 4) is 0 Å². The monoisotopic (exact) mass is 253 g/mol. The summed E-state index contributed by atoms with van der Waals surface area (Å²) in [5.41, 5.74) is 0. The standard InChI is InChI=1S/C11H18F3NO2/c1-17-10(16)3-2-6-15-7-4-9(5-8-15)11(12,13)14/h9H,2-8H2,1H3. The van der Waals surface area contributed by atoms with Gasteiger partial charge in [0.15, 0.2) is 0 Å². The summed E-state index contributed by atoms with van der Waals surface area (Å²) < 4.78 is 41.7. The van der Waals surface area contributed by atoms with Crippen molar-refractivity contribution in [2.45, 2.75) is 31.9 Å². The van der Waals surface area contributed by atoms with E-state index < -0.39 is 12.1 Å². The molecule has 17 heavy (non-hydrogen) atoms. The summed E-state index contributed by atoms with van der Waals surface area (Å²) in [6.45, 7) is 1.59. The lowest BCUT2D eigenvalue weighted by Crippen LogP contribution is -2.39. The lowest BCUT2D eigenvalue weighted by Gasteiger charge is -2.32. The van der Waals surface area contributed by atoms with Gasteiger partial charge in [0.1, 0.15) is 0 Å². The van der Waals surface area contributed by atoms with E-state index in [-0.39, 0.29) is 18.8 Å². The number of likely N-dealkylation sites (tertiary alicyclic amines) is 1. The molecule has 0 saturated carbocycles. The minimum Gasteiger partial charge on any atom is -0.469 e. The van der Waals surface area contributed by atoms with Gasteiger partial charge in [-0.25, -0.2) is 0 Å². The summed E-state index contributed by atoms with van der Waals surface area (Å²) in [6.07, 6.45) is -2.75. The van der Waals surface area contributed by atoms with Crippen LogP contribution < -0.4 is 0 Å². The predicted octanol–water partition coefficient (Wildman–Crippen LogP) is 2.21. The van der Waals surface area contributed by atoms with Gasteiger partial charge in [0.25, 0.3) is 0 Å². The van der Waals surface area contributed by atoms with E-state index in [0.29, 0.717) is 32.5 Å². The number of carbonyl (C=O) groups is 1. The maximum atomic E-state index is 12.4. The van der Waals surface area contributed by atoms with Crippen molar-refractivity contribution in [2.24, 2.45) is 5.92 Å². The largest absolute Gasteiger partial charge is 0.469 e. The summed E-state index contributed by atoms with van der Waals surface area (Å²) in [6, 6.07) is 0. The second-order valence-corrected chi connectivity index (χ2v) is 4.34. The van der Waals surface area contributed by atoms with Crippen molar-refractivity contribution in [2.75, 3.05) is 26.7 Å². The number of carbonyl (C=O) groups excluding carboxylic acids is 1. The number of hydrogen-bond acceptors (Lipinski definition) is 3. The number of methoxy groups -OCH3 is 1. The van der Waals surface area contributed by atoms with Crippen LogP contribution in [0, 0.1) is 5.92 Å². The summed E-state index contributed by atoms with van der Waals surface area (Å²) in [5.74, 6) is -1.42. The van der Waals surface area contributed by atoms with Crippen molar-refractivity contribution < 1.29 is 22.7 Å². The van der Waals surface area contributed by atoms with Gasteiger partial charge in [-0.05, 0) is 38.9 Å². The van der Waals surface area contributed by atoms with Gasteiger partial charge >= 0.3 is 12.1 Å². The Labute approximate surface area is 98.9 Å². The number of piperidine rings is 1. The highest BCUT2D eigenvalue weighted by Crippen LogP contribution is 2.33. The van der Waals surface area contributed by atoms with Crippen LogP contribution in [0.15, 0.2) is 0 Å². The lowest BCUT2D eigenvalue weighted by atomic mass is 9.96. The number of rotatable bonds is 4. The molecule has 0 unspecified atom stereocenters. The Balaban J connectivity index is 2.17. The second-order valence-electron chi connectivity index (χ2n) is 4.34. The minimum absolute atomic E-state index is 0.168. The van der Waals surface area contributed by atoms with Crippen LogP contribution in [0.3, 0.4) is 0 Å². The van der Waals surface area contributed by atoms with E-state index in [1.807, 2.05) is 4.90 Å². The first kappa shape index (κ1) is 14.3. The fraction of sp³-hybridized carbons (Fsp3) is 0.909. The maximum absolute atomic E-state index is 12.4. The third-order valence-corrected chi connectivity index (χ3v) is 3.13. The Morgan fingerprint density at radius 2 is 1.94 bits per heavy atom. The molecule has 0 aromatic carbocycles. The van der Waals surface area contributed by atoms with Gasteiger partial charge in [0.2, 0.25) is 0 Å². The molecule has 3 nitrogen and oxygen atoms in total. The molecule has 0 atom stereocenters. The summed E-state index contributed by atoms with van der Waals surface area (Å²) in [5, 5.41) is 0. The van der Waals surface area contributed by atoms with Gasteiger partial charge in [0, 0.05) is 6.42 Å². The smallest absolute Gasteiger partial charge is 0.391 e. The Hall–Kier alpha value is -0.780. The molecule has 1 aliphatic heterocycles. The van der Waals surface area contributed by atoms with Crippen LogP contribution in [0.1, 0.15) is 25.7 Å². The molecule has 0 aliphatic carbocycles. The van der Waals surface area contributed by atoms with Gasteiger partial charge in [-0.3, -0.25) is 4.79 Å². The van der Waals surface area contributed by atoms with E-state index in [1.165, 1.54) is 7.11 Å². The van der Waals surface area contributed by atoms with E-state index in [4.69, 9.17) is 0 Å².